The standard InChI is InChI=1S/C15H22N2O7S2/c1-4-24-15(18)16-11-8-25(19,20)9-12(11)17-26(21,22)14-7-10(2)5-6-13(14)23-3/h5-7,11-12,17H,4,8-9H2,1-3H3,(H,16,18)/t11-,12+/m0/s1. The maximum absolute atomic E-state index is 12.8. The Kier molecular flexibility index (Phi) is 6.14. The molecule has 0 bridgehead atoms. The Morgan fingerprint density at radius 3 is 2.54 bits per heavy atom. The van der Waals surface area contributed by atoms with Crippen molar-refractivity contribution in [3.05, 3.63) is 23.8 Å². The minimum atomic E-state index is -4.07. The number of hydrogen-bond acceptors (Lipinski definition) is 7. The van der Waals surface area contributed by atoms with Crippen molar-refractivity contribution in [3.8, 4) is 5.75 Å². The largest absolute Gasteiger partial charge is 0.495 e. The van der Waals surface area contributed by atoms with Gasteiger partial charge >= 0.3 is 6.09 Å². The number of alkyl carbamates (subject to hydrolysis) is 1. The van der Waals surface area contributed by atoms with Crippen LogP contribution in [0.3, 0.4) is 0 Å². The van der Waals surface area contributed by atoms with Gasteiger partial charge in [-0.15, -0.1) is 0 Å². The predicted octanol–water partition coefficient (Wildman–Crippen LogP) is 0.194. The van der Waals surface area contributed by atoms with E-state index in [-0.39, 0.29) is 23.0 Å². The number of carbonyl (C=O) groups is 1. The summed E-state index contributed by atoms with van der Waals surface area (Å²) in [6.45, 7) is 3.45. The smallest absolute Gasteiger partial charge is 0.407 e. The first kappa shape index (κ1) is 20.5. The molecule has 0 radical (unpaired) electrons. The van der Waals surface area contributed by atoms with Gasteiger partial charge in [0.15, 0.2) is 9.84 Å². The second-order valence-electron chi connectivity index (χ2n) is 5.93. The predicted molar refractivity (Wildman–Crippen MR) is 94.4 cm³/mol. The molecule has 1 aromatic carbocycles. The number of sulfonamides is 1. The van der Waals surface area contributed by atoms with Crippen LogP contribution in [0.4, 0.5) is 4.79 Å². The highest BCUT2D eigenvalue weighted by molar-refractivity contribution is 7.92. The quantitative estimate of drug-likeness (QED) is 0.690. The zero-order chi connectivity index (χ0) is 19.5. The zero-order valence-corrected chi connectivity index (χ0v) is 16.3. The Morgan fingerprint density at radius 2 is 1.92 bits per heavy atom. The van der Waals surface area contributed by atoms with Crippen LogP contribution in [0.5, 0.6) is 5.75 Å². The maximum atomic E-state index is 12.8. The summed E-state index contributed by atoms with van der Waals surface area (Å²) in [6.07, 6.45) is -0.799. The number of sulfone groups is 1. The van der Waals surface area contributed by atoms with Gasteiger partial charge in [-0.25, -0.2) is 26.4 Å². The average Bonchev–Trinajstić information content (AvgIpc) is 2.80. The van der Waals surface area contributed by atoms with Gasteiger partial charge in [0.05, 0.1) is 37.3 Å². The number of aryl methyl sites for hydroxylation is 1. The third kappa shape index (κ3) is 4.86. The summed E-state index contributed by atoms with van der Waals surface area (Å²) in [6, 6.07) is 2.70. The van der Waals surface area contributed by atoms with Gasteiger partial charge in [-0.1, -0.05) is 6.07 Å². The molecule has 1 aliphatic heterocycles. The van der Waals surface area contributed by atoms with E-state index >= 15 is 0 Å². The van der Waals surface area contributed by atoms with E-state index in [1.807, 2.05) is 0 Å². The monoisotopic (exact) mass is 406 g/mol. The average molecular weight is 406 g/mol. The number of ether oxygens (including phenoxy) is 2. The molecule has 1 saturated heterocycles. The lowest BCUT2D eigenvalue weighted by Gasteiger charge is -2.21. The van der Waals surface area contributed by atoms with Crippen molar-refractivity contribution in [2.75, 3.05) is 25.2 Å². The van der Waals surface area contributed by atoms with E-state index in [9.17, 15) is 21.6 Å². The molecule has 2 atom stereocenters. The van der Waals surface area contributed by atoms with Crippen molar-refractivity contribution in [1.29, 1.82) is 0 Å². The SMILES string of the molecule is CCOC(=O)N[C@H]1CS(=O)(=O)C[C@H]1NS(=O)(=O)c1cc(C)ccc1OC. The van der Waals surface area contributed by atoms with E-state index in [4.69, 9.17) is 9.47 Å². The lowest BCUT2D eigenvalue weighted by atomic mass is 10.2. The van der Waals surface area contributed by atoms with Crippen LogP contribution in [-0.4, -0.2) is 60.2 Å². The topological polar surface area (TPSA) is 128 Å². The van der Waals surface area contributed by atoms with E-state index in [1.54, 1.807) is 19.9 Å². The first-order valence-corrected chi connectivity index (χ1v) is 11.2. The van der Waals surface area contributed by atoms with Crippen LogP contribution in [-0.2, 0) is 24.6 Å². The Hall–Kier alpha value is -1.85. The summed E-state index contributed by atoms with van der Waals surface area (Å²) in [5.41, 5.74) is 0.700. The summed E-state index contributed by atoms with van der Waals surface area (Å²) in [7, 11) is -6.24. The van der Waals surface area contributed by atoms with Crippen molar-refractivity contribution < 1.29 is 31.1 Å². The van der Waals surface area contributed by atoms with E-state index in [0.29, 0.717) is 5.56 Å². The fourth-order valence-electron chi connectivity index (χ4n) is 2.69. The van der Waals surface area contributed by atoms with Gasteiger partial charge in [-0.3, -0.25) is 0 Å². The summed E-state index contributed by atoms with van der Waals surface area (Å²) in [4.78, 5) is 11.5. The molecule has 0 saturated carbocycles. The molecule has 11 heteroatoms. The normalized spacial score (nSPS) is 22.0. The van der Waals surface area contributed by atoms with Crippen LogP contribution in [0, 0.1) is 6.92 Å². The van der Waals surface area contributed by atoms with Crippen LogP contribution in [0.1, 0.15) is 12.5 Å². The zero-order valence-electron chi connectivity index (χ0n) is 14.7. The molecule has 1 fully saturated rings. The van der Waals surface area contributed by atoms with Crippen molar-refractivity contribution in [2.24, 2.45) is 0 Å². The van der Waals surface area contributed by atoms with E-state index in [2.05, 4.69) is 10.0 Å². The van der Waals surface area contributed by atoms with Gasteiger partial charge in [0.1, 0.15) is 10.6 Å². The Labute approximate surface area is 153 Å². The highest BCUT2D eigenvalue weighted by atomic mass is 32.2. The van der Waals surface area contributed by atoms with E-state index in [0.717, 1.165) is 0 Å². The molecule has 0 aliphatic carbocycles. The van der Waals surface area contributed by atoms with Crippen molar-refractivity contribution in [1.82, 2.24) is 10.0 Å². The lowest BCUT2D eigenvalue weighted by Crippen LogP contribution is -2.51. The molecular formula is C15H22N2O7S2. The molecule has 1 heterocycles. The molecule has 1 aliphatic rings. The van der Waals surface area contributed by atoms with E-state index in [1.165, 1.54) is 19.2 Å². The molecule has 146 valence electrons. The van der Waals surface area contributed by atoms with Crippen LogP contribution in [0.2, 0.25) is 0 Å². The molecule has 2 N–H and O–H groups in total. The van der Waals surface area contributed by atoms with Gasteiger partial charge in [0.2, 0.25) is 10.0 Å². The first-order chi connectivity index (χ1) is 12.1. The number of methoxy groups -OCH3 is 1. The molecule has 1 aromatic rings. The third-order valence-electron chi connectivity index (χ3n) is 3.85. The molecule has 9 nitrogen and oxygen atoms in total. The molecule has 0 spiro atoms. The fourth-order valence-corrected chi connectivity index (χ4v) is 6.18. The van der Waals surface area contributed by atoms with Crippen LogP contribution in [0.25, 0.3) is 0 Å². The third-order valence-corrected chi connectivity index (χ3v) is 7.09. The first-order valence-electron chi connectivity index (χ1n) is 7.88. The lowest BCUT2D eigenvalue weighted by molar-refractivity contribution is 0.148. The second-order valence-corrected chi connectivity index (χ2v) is 9.77. The highest BCUT2D eigenvalue weighted by Gasteiger charge is 2.41. The number of amides is 1. The van der Waals surface area contributed by atoms with Crippen LogP contribution >= 0.6 is 0 Å². The van der Waals surface area contributed by atoms with Crippen molar-refractivity contribution >= 4 is 26.0 Å². The van der Waals surface area contributed by atoms with Crippen molar-refractivity contribution in [2.45, 2.75) is 30.8 Å². The summed E-state index contributed by atoms with van der Waals surface area (Å²) in [5.74, 6) is -0.652. The Balaban J connectivity index is 2.28. The molecule has 2 rings (SSSR count). The van der Waals surface area contributed by atoms with Gasteiger partial charge in [0.25, 0.3) is 0 Å². The number of carbonyl (C=O) groups excluding carboxylic acids is 1. The van der Waals surface area contributed by atoms with Crippen LogP contribution in [0.15, 0.2) is 23.1 Å². The van der Waals surface area contributed by atoms with Crippen LogP contribution < -0.4 is 14.8 Å². The molecule has 0 aromatic heterocycles. The molecule has 0 unspecified atom stereocenters. The molecular weight excluding hydrogens is 384 g/mol. The number of nitrogens with one attached hydrogen (secondary N) is 2. The highest BCUT2D eigenvalue weighted by Crippen LogP contribution is 2.26. The maximum Gasteiger partial charge on any atom is 0.407 e. The Bertz CT molecular complexity index is 881. The molecule has 1 amide bonds. The van der Waals surface area contributed by atoms with Gasteiger partial charge in [-0.05, 0) is 31.5 Å². The summed E-state index contributed by atoms with van der Waals surface area (Å²) in [5, 5.41) is 2.40. The van der Waals surface area contributed by atoms with Crippen molar-refractivity contribution in [3.63, 3.8) is 0 Å². The minimum Gasteiger partial charge on any atom is -0.495 e. The fraction of sp³-hybridized carbons (Fsp3) is 0.533. The summed E-state index contributed by atoms with van der Waals surface area (Å²) >= 11 is 0. The van der Waals surface area contributed by atoms with Gasteiger partial charge in [-0.2, -0.15) is 0 Å². The van der Waals surface area contributed by atoms with E-state index < -0.39 is 43.8 Å². The number of rotatable bonds is 6. The van der Waals surface area contributed by atoms with Gasteiger partial charge < -0.3 is 14.8 Å². The summed E-state index contributed by atoms with van der Waals surface area (Å²) < 4.78 is 61.6. The number of hydrogen-bond donors (Lipinski definition) is 2. The van der Waals surface area contributed by atoms with Gasteiger partial charge in [0, 0.05) is 0 Å². The minimum absolute atomic E-state index is 0.0980. The number of benzene rings is 1. The Morgan fingerprint density at radius 1 is 1.27 bits per heavy atom. The second kappa shape index (κ2) is 7.80. The molecule has 26 heavy (non-hydrogen) atoms.